The molecule has 0 bridgehead atoms. The summed E-state index contributed by atoms with van der Waals surface area (Å²) in [4.78, 5) is 55.8. The number of hydrogen-bond acceptors (Lipinski definition) is 9. The van der Waals surface area contributed by atoms with Crippen molar-refractivity contribution in [3.8, 4) is 0 Å². The molecule has 0 fully saturated rings. The third kappa shape index (κ3) is 8.66. The van der Waals surface area contributed by atoms with Crippen molar-refractivity contribution in [1.29, 1.82) is 0 Å². The first-order valence-corrected chi connectivity index (χ1v) is 14.7. The zero-order chi connectivity index (χ0) is 32.3. The topological polar surface area (TPSA) is 207 Å². The molecule has 6 N–H and O–H groups in total. The molecule has 0 saturated carbocycles. The van der Waals surface area contributed by atoms with Gasteiger partial charge in [0.15, 0.2) is 5.82 Å². The molecule has 4 aromatic rings. The van der Waals surface area contributed by atoms with E-state index in [2.05, 4.69) is 36.5 Å². The van der Waals surface area contributed by atoms with Crippen molar-refractivity contribution in [3.63, 3.8) is 0 Å². The number of carbonyl (C=O) groups excluding carboxylic acids is 4. The van der Waals surface area contributed by atoms with E-state index in [1.54, 1.807) is 37.3 Å². The van der Waals surface area contributed by atoms with Gasteiger partial charge in [-0.3, -0.25) is 19.2 Å². The third-order valence-corrected chi connectivity index (χ3v) is 7.22. The van der Waals surface area contributed by atoms with E-state index in [1.165, 1.54) is 10.7 Å². The second-order valence-corrected chi connectivity index (χ2v) is 10.6. The number of tetrazole rings is 1. The second kappa shape index (κ2) is 15.5. The molecular weight excluding hydrogens is 578 g/mol. The normalized spacial score (nSPS) is 13.8. The minimum Gasteiger partial charge on any atom is -0.383 e. The molecule has 0 saturated heterocycles. The van der Waals surface area contributed by atoms with Gasteiger partial charge in [0.1, 0.15) is 23.9 Å². The second-order valence-electron chi connectivity index (χ2n) is 10.6. The molecule has 236 valence electrons. The van der Waals surface area contributed by atoms with Crippen LogP contribution < -0.4 is 21.7 Å². The summed E-state index contributed by atoms with van der Waals surface area (Å²) < 4.78 is 1.20. The fourth-order valence-corrected chi connectivity index (χ4v) is 4.73. The van der Waals surface area contributed by atoms with Gasteiger partial charge in [-0.1, -0.05) is 67.9 Å². The molecule has 45 heavy (non-hydrogen) atoms. The Kier molecular flexibility index (Phi) is 11.2. The van der Waals surface area contributed by atoms with Gasteiger partial charge in [0.2, 0.25) is 17.7 Å². The molecule has 2 aromatic carbocycles. The zero-order valence-electron chi connectivity index (χ0n) is 25.1. The summed E-state index contributed by atoms with van der Waals surface area (Å²) in [5.41, 5.74) is 6.82. The van der Waals surface area contributed by atoms with E-state index in [1.807, 2.05) is 37.3 Å². The van der Waals surface area contributed by atoms with Crippen LogP contribution in [0.15, 0.2) is 66.7 Å². The Morgan fingerprint density at radius 2 is 1.69 bits per heavy atom. The van der Waals surface area contributed by atoms with Gasteiger partial charge in [0, 0.05) is 11.9 Å². The van der Waals surface area contributed by atoms with Crippen molar-refractivity contribution in [2.45, 2.75) is 63.8 Å². The van der Waals surface area contributed by atoms with Crippen LogP contribution in [-0.2, 0) is 20.8 Å². The number of aromatic nitrogens is 5. The maximum absolute atomic E-state index is 13.6. The molecule has 4 amide bonds. The Balaban J connectivity index is 1.57. The van der Waals surface area contributed by atoms with Crippen molar-refractivity contribution >= 4 is 34.5 Å². The summed E-state index contributed by atoms with van der Waals surface area (Å²) in [6, 6.07) is 16.3. The molecule has 0 spiro atoms. The highest BCUT2D eigenvalue weighted by Crippen LogP contribution is 2.21. The van der Waals surface area contributed by atoms with Crippen molar-refractivity contribution in [3.05, 3.63) is 83.8 Å². The van der Waals surface area contributed by atoms with Crippen molar-refractivity contribution < 1.29 is 24.3 Å². The number of nitrogens with two attached hydrogens (primary N) is 1. The Morgan fingerprint density at radius 1 is 0.956 bits per heavy atom. The van der Waals surface area contributed by atoms with Gasteiger partial charge in [-0.15, -0.1) is 5.10 Å². The van der Waals surface area contributed by atoms with Crippen molar-refractivity contribution in [1.82, 2.24) is 41.1 Å². The Hall–Kier alpha value is -5.24. The van der Waals surface area contributed by atoms with E-state index in [9.17, 15) is 24.3 Å². The first-order valence-electron chi connectivity index (χ1n) is 14.7. The van der Waals surface area contributed by atoms with Crippen LogP contribution in [-0.4, -0.2) is 72.6 Å². The number of fused-ring (bicyclic) bond motifs is 1. The van der Waals surface area contributed by atoms with E-state index in [0.29, 0.717) is 12.1 Å². The number of nitrogens with zero attached hydrogens (tertiary/aromatic N) is 5. The van der Waals surface area contributed by atoms with Crippen LogP contribution in [0, 0.1) is 0 Å². The summed E-state index contributed by atoms with van der Waals surface area (Å²) in [5.74, 6) is -2.67. The lowest BCUT2D eigenvalue weighted by Crippen LogP contribution is -2.53. The molecule has 0 aliphatic carbocycles. The van der Waals surface area contributed by atoms with Crippen LogP contribution in [0.5, 0.6) is 0 Å². The van der Waals surface area contributed by atoms with Crippen LogP contribution in [0.25, 0.3) is 10.9 Å². The lowest BCUT2D eigenvalue weighted by Gasteiger charge is -2.27. The fourth-order valence-electron chi connectivity index (χ4n) is 4.73. The molecule has 14 nitrogen and oxygen atoms in total. The first-order chi connectivity index (χ1) is 21.7. The lowest BCUT2D eigenvalue weighted by atomic mass is 9.99. The van der Waals surface area contributed by atoms with Gasteiger partial charge in [0.25, 0.3) is 5.91 Å². The van der Waals surface area contributed by atoms with Gasteiger partial charge in [-0.2, -0.15) is 0 Å². The number of hydrogen-bond donors (Lipinski definition) is 5. The van der Waals surface area contributed by atoms with Gasteiger partial charge in [-0.05, 0) is 47.9 Å². The van der Waals surface area contributed by atoms with Crippen molar-refractivity contribution in [2.24, 2.45) is 5.73 Å². The van der Waals surface area contributed by atoms with E-state index >= 15 is 0 Å². The summed E-state index contributed by atoms with van der Waals surface area (Å²) in [5, 5.41) is 32.0. The molecule has 0 unspecified atom stereocenters. The maximum Gasteiger partial charge on any atom is 0.270 e. The van der Waals surface area contributed by atoms with Crippen LogP contribution in [0.1, 0.15) is 67.1 Å². The molecule has 0 aliphatic rings. The number of para-hydroxylation sites is 1. The third-order valence-electron chi connectivity index (χ3n) is 7.22. The van der Waals surface area contributed by atoms with Gasteiger partial charge < -0.3 is 26.8 Å². The standard InChI is InChI=1S/C31H37N9O5/c1-3-4-16-33-29(43)19(2)40-28(37-38-39-40)27(42)24(17-20-10-6-5-7-11-20)35-31(45)25(18-26(32)41)36-30(44)23-15-14-21-12-8-9-13-22(21)34-23/h5-15,19,24-25,27,42H,3-4,16-18H2,1-2H3,(H2,32,41)(H,33,43)(H,35,45)(H,36,44)/t19-,24+,25+,27-/m1/s1. The van der Waals surface area contributed by atoms with Crippen molar-refractivity contribution in [2.75, 3.05) is 6.54 Å². The highest BCUT2D eigenvalue weighted by atomic mass is 16.3. The smallest absolute Gasteiger partial charge is 0.270 e. The molecule has 2 heterocycles. The van der Waals surface area contributed by atoms with Gasteiger partial charge >= 0.3 is 0 Å². The number of amides is 4. The number of carbonyl (C=O) groups is 4. The average molecular weight is 616 g/mol. The van der Waals surface area contributed by atoms with Gasteiger partial charge in [-0.25, -0.2) is 9.67 Å². The molecule has 4 atom stereocenters. The monoisotopic (exact) mass is 615 g/mol. The highest BCUT2D eigenvalue weighted by molar-refractivity contribution is 5.99. The largest absolute Gasteiger partial charge is 0.383 e. The Labute approximate surface area is 259 Å². The summed E-state index contributed by atoms with van der Waals surface area (Å²) in [6.07, 6.45) is -0.163. The Bertz CT molecular complexity index is 1630. The molecular formula is C31H37N9O5. The van der Waals surface area contributed by atoms with Crippen LogP contribution in [0.2, 0.25) is 0 Å². The zero-order valence-corrected chi connectivity index (χ0v) is 25.1. The molecule has 4 rings (SSSR count). The van der Waals surface area contributed by atoms with E-state index in [-0.39, 0.29) is 23.8 Å². The number of pyridine rings is 1. The molecule has 0 radical (unpaired) electrons. The number of aliphatic hydroxyl groups is 1. The van der Waals surface area contributed by atoms with E-state index < -0.39 is 48.4 Å². The summed E-state index contributed by atoms with van der Waals surface area (Å²) >= 11 is 0. The number of nitrogens with one attached hydrogen (secondary N) is 3. The predicted molar refractivity (Wildman–Crippen MR) is 164 cm³/mol. The molecule has 0 aliphatic heterocycles. The van der Waals surface area contributed by atoms with Crippen LogP contribution in [0.4, 0.5) is 0 Å². The number of unbranched alkanes of at least 4 members (excludes halogenated alkanes) is 1. The molecule has 14 heteroatoms. The van der Waals surface area contributed by atoms with E-state index in [4.69, 9.17) is 5.73 Å². The first kappa shape index (κ1) is 32.7. The Morgan fingerprint density at radius 3 is 2.42 bits per heavy atom. The SMILES string of the molecule is CCCCNC(=O)[C@@H](C)n1nnnc1[C@H](O)[C@H](Cc1ccccc1)NC(=O)[C@H](CC(N)=O)NC(=O)c1ccc2ccccc2n1. The quantitative estimate of drug-likeness (QED) is 0.121. The van der Waals surface area contributed by atoms with Crippen LogP contribution in [0.3, 0.4) is 0 Å². The predicted octanol–water partition coefficient (Wildman–Crippen LogP) is 1.13. The average Bonchev–Trinajstić information content (AvgIpc) is 3.53. The van der Waals surface area contributed by atoms with Crippen LogP contribution >= 0.6 is 0 Å². The fraction of sp³-hybridized carbons (Fsp3) is 0.355. The summed E-state index contributed by atoms with van der Waals surface area (Å²) in [6.45, 7) is 4.08. The maximum atomic E-state index is 13.6. The van der Waals surface area contributed by atoms with Gasteiger partial charge in [0.05, 0.1) is 18.0 Å². The lowest BCUT2D eigenvalue weighted by molar-refractivity contribution is -0.128. The highest BCUT2D eigenvalue weighted by Gasteiger charge is 2.33. The minimum absolute atomic E-state index is 0.0437. The summed E-state index contributed by atoms with van der Waals surface area (Å²) in [7, 11) is 0. The van der Waals surface area contributed by atoms with E-state index in [0.717, 1.165) is 23.8 Å². The number of rotatable bonds is 15. The number of benzene rings is 2. The molecule has 2 aromatic heterocycles. The minimum atomic E-state index is -1.48. The number of primary amides is 1. The number of aliphatic hydroxyl groups excluding tert-OH is 1.